The van der Waals surface area contributed by atoms with E-state index >= 15 is 0 Å². The van der Waals surface area contributed by atoms with Gasteiger partial charge in [0.1, 0.15) is 0 Å². The molecule has 1 aliphatic rings. The van der Waals surface area contributed by atoms with E-state index in [1.165, 1.54) is 0 Å². The van der Waals surface area contributed by atoms with Crippen LogP contribution in [0.1, 0.15) is 12.8 Å². The topological polar surface area (TPSA) is 71.5 Å². The Morgan fingerprint density at radius 1 is 1.35 bits per heavy atom. The predicted octanol–water partition coefficient (Wildman–Crippen LogP) is 2.28. The van der Waals surface area contributed by atoms with Crippen LogP contribution in [-0.2, 0) is 9.53 Å². The molecule has 2 atom stereocenters. The number of nitrogens with one attached hydrogen (secondary N) is 1. The molecule has 0 radical (unpaired) electrons. The van der Waals surface area contributed by atoms with Crippen LogP contribution in [0, 0.1) is 0 Å². The monoisotopic (exact) mass is 272 g/mol. The summed E-state index contributed by atoms with van der Waals surface area (Å²) in [4.78, 5) is 15.2. The first-order valence-corrected chi connectivity index (χ1v) is 6.70. The number of carboxylic acid groups (broad SMARTS) is 1. The lowest BCUT2D eigenvalue weighted by Crippen LogP contribution is -2.24. The van der Waals surface area contributed by atoms with E-state index in [0.717, 1.165) is 23.0 Å². The van der Waals surface area contributed by atoms with Crippen molar-refractivity contribution in [1.82, 2.24) is 4.98 Å². The van der Waals surface area contributed by atoms with E-state index in [9.17, 15) is 4.79 Å². The first kappa shape index (κ1) is 12.9. The van der Waals surface area contributed by atoms with Crippen LogP contribution >= 0.6 is 0 Å². The minimum Gasteiger partial charge on any atom is -0.479 e. The zero-order valence-electron chi connectivity index (χ0n) is 11.0. The Hall–Kier alpha value is -2.14. The second-order valence-electron chi connectivity index (χ2n) is 4.92. The number of hydrogen-bond acceptors (Lipinski definition) is 4. The van der Waals surface area contributed by atoms with Crippen molar-refractivity contribution in [3.05, 3.63) is 36.5 Å². The van der Waals surface area contributed by atoms with Gasteiger partial charge in [-0.3, -0.25) is 4.98 Å². The van der Waals surface area contributed by atoms with E-state index in [4.69, 9.17) is 9.84 Å². The largest absolute Gasteiger partial charge is 0.479 e. The smallest absolute Gasteiger partial charge is 0.332 e. The molecule has 1 aliphatic heterocycles. The molecular weight excluding hydrogens is 256 g/mol. The molecule has 0 aliphatic carbocycles. The summed E-state index contributed by atoms with van der Waals surface area (Å²) in [5.41, 5.74) is 1.94. The summed E-state index contributed by atoms with van der Waals surface area (Å²) in [5, 5.41) is 13.3. The third-order valence-electron chi connectivity index (χ3n) is 3.55. The van der Waals surface area contributed by atoms with E-state index in [1.807, 2.05) is 30.3 Å². The Kier molecular flexibility index (Phi) is 3.52. The fourth-order valence-electron chi connectivity index (χ4n) is 2.51. The lowest BCUT2D eigenvalue weighted by atomic mass is 10.1. The number of ether oxygens (including phenoxy) is 1. The number of benzene rings is 1. The highest BCUT2D eigenvalue weighted by atomic mass is 16.5. The van der Waals surface area contributed by atoms with E-state index < -0.39 is 12.1 Å². The van der Waals surface area contributed by atoms with Gasteiger partial charge in [0.2, 0.25) is 0 Å². The molecule has 5 heteroatoms. The first-order valence-electron chi connectivity index (χ1n) is 6.70. The molecule has 20 heavy (non-hydrogen) atoms. The van der Waals surface area contributed by atoms with Gasteiger partial charge in [0.05, 0.1) is 11.6 Å². The second kappa shape index (κ2) is 5.46. The highest BCUT2D eigenvalue weighted by Crippen LogP contribution is 2.23. The highest BCUT2D eigenvalue weighted by molar-refractivity contribution is 5.90. The van der Waals surface area contributed by atoms with Crippen LogP contribution < -0.4 is 5.32 Å². The number of aromatic nitrogens is 1. The fraction of sp³-hybridized carbons (Fsp3) is 0.333. The Balaban J connectivity index is 1.67. The average Bonchev–Trinajstić information content (AvgIpc) is 2.94. The number of pyridine rings is 1. The summed E-state index contributed by atoms with van der Waals surface area (Å²) in [7, 11) is 0. The summed E-state index contributed by atoms with van der Waals surface area (Å²) in [6, 6.07) is 9.83. The summed E-state index contributed by atoms with van der Waals surface area (Å²) >= 11 is 0. The summed E-state index contributed by atoms with van der Waals surface area (Å²) in [5.74, 6) is -0.873. The summed E-state index contributed by atoms with van der Waals surface area (Å²) in [6.45, 7) is 0.609. The van der Waals surface area contributed by atoms with Crippen molar-refractivity contribution >= 4 is 22.6 Å². The standard InChI is InChI=1S/C15H16N2O3/c18-15(19)14-6-5-10(20-14)9-17-13-7-8-16-12-4-2-1-3-11(12)13/h1-4,7-8,10,14H,5-6,9H2,(H,16,17)(H,18,19). The normalized spacial score (nSPS) is 22.0. The van der Waals surface area contributed by atoms with Gasteiger partial charge < -0.3 is 15.2 Å². The van der Waals surface area contributed by atoms with Gasteiger partial charge >= 0.3 is 5.97 Å². The van der Waals surface area contributed by atoms with Crippen molar-refractivity contribution < 1.29 is 14.6 Å². The molecule has 3 rings (SSSR count). The van der Waals surface area contributed by atoms with Crippen molar-refractivity contribution in [3.63, 3.8) is 0 Å². The van der Waals surface area contributed by atoms with Crippen molar-refractivity contribution in [2.75, 3.05) is 11.9 Å². The Morgan fingerprint density at radius 3 is 3.00 bits per heavy atom. The molecular formula is C15H16N2O3. The maximum absolute atomic E-state index is 10.8. The van der Waals surface area contributed by atoms with Gasteiger partial charge in [-0.15, -0.1) is 0 Å². The molecule has 1 fully saturated rings. The number of nitrogens with zero attached hydrogens (tertiary/aromatic N) is 1. The van der Waals surface area contributed by atoms with Crippen molar-refractivity contribution in [3.8, 4) is 0 Å². The number of rotatable bonds is 4. The second-order valence-corrected chi connectivity index (χ2v) is 4.92. The zero-order chi connectivity index (χ0) is 13.9. The molecule has 0 saturated carbocycles. The van der Waals surface area contributed by atoms with E-state index in [-0.39, 0.29) is 6.10 Å². The molecule has 1 aromatic carbocycles. The molecule has 104 valence electrons. The SMILES string of the molecule is O=C(O)C1CCC(CNc2ccnc3ccccc23)O1. The van der Waals surface area contributed by atoms with Crippen LogP contribution in [0.25, 0.3) is 10.9 Å². The molecule has 0 bridgehead atoms. The number of para-hydroxylation sites is 1. The van der Waals surface area contributed by atoms with Crippen molar-refractivity contribution in [2.45, 2.75) is 25.0 Å². The number of carbonyl (C=O) groups is 1. The number of carboxylic acids is 1. The van der Waals surface area contributed by atoms with Gasteiger partial charge in [-0.05, 0) is 25.0 Å². The van der Waals surface area contributed by atoms with Gasteiger partial charge in [-0.2, -0.15) is 0 Å². The Morgan fingerprint density at radius 2 is 2.20 bits per heavy atom. The highest BCUT2D eigenvalue weighted by Gasteiger charge is 2.30. The molecule has 1 saturated heterocycles. The number of fused-ring (bicyclic) bond motifs is 1. The van der Waals surface area contributed by atoms with Crippen LogP contribution in [0.5, 0.6) is 0 Å². The molecule has 5 nitrogen and oxygen atoms in total. The third-order valence-corrected chi connectivity index (χ3v) is 3.55. The molecule has 2 unspecified atom stereocenters. The molecule has 2 heterocycles. The van der Waals surface area contributed by atoms with E-state index in [1.54, 1.807) is 6.20 Å². The quantitative estimate of drug-likeness (QED) is 0.893. The minimum absolute atomic E-state index is 0.0528. The van der Waals surface area contributed by atoms with E-state index in [0.29, 0.717) is 13.0 Å². The van der Waals surface area contributed by atoms with Gasteiger partial charge in [-0.1, -0.05) is 18.2 Å². The number of anilines is 1. The third kappa shape index (κ3) is 2.58. The van der Waals surface area contributed by atoms with Gasteiger partial charge in [0.25, 0.3) is 0 Å². The Bertz CT molecular complexity index is 624. The van der Waals surface area contributed by atoms with Crippen molar-refractivity contribution in [2.24, 2.45) is 0 Å². The van der Waals surface area contributed by atoms with E-state index in [2.05, 4.69) is 10.3 Å². The molecule has 0 spiro atoms. The van der Waals surface area contributed by atoms with Crippen LogP contribution in [0.4, 0.5) is 5.69 Å². The van der Waals surface area contributed by atoms with Crippen LogP contribution in [0.15, 0.2) is 36.5 Å². The van der Waals surface area contributed by atoms with Crippen LogP contribution in [0.2, 0.25) is 0 Å². The number of hydrogen-bond donors (Lipinski definition) is 2. The maximum Gasteiger partial charge on any atom is 0.332 e. The number of aliphatic carboxylic acids is 1. The molecule has 0 amide bonds. The van der Waals surface area contributed by atoms with Gasteiger partial charge in [-0.25, -0.2) is 4.79 Å². The van der Waals surface area contributed by atoms with Crippen LogP contribution in [-0.4, -0.2) is 34.8 Å². The molecule has 1 aromatic heterocycles. The van der Waals surface area contributed by atoms with Gasteiger partial charge in [0, 0.05) is 23.8 Å². The van der Waals surface area contributed by atoms with Crippen molar-refractivity contribution in [1.29, 1.82) is 0 Å². The van der Waals surface area contributed by atoms with Gasteiger partial charge in [0.15, 0.2) is 6.10 Å². The zero-order valence-corrected chi connectivity index (χ0v) is 11.0. The first-order chi connectivity index (χ1) is 9.74. The molecule has 2 aromatic rings. The summed E-state index contributed by atoms with van der Waals surface area (Å²) in [6.07, 6.45) is 2.41. The lowest BCUT2D eigenvalue weighted by molar-refractivity contribution is -0.149. The summed E-state index contributed by atoms with van der Waals surface area (Å²) < 4.78 is 5.48. The lowest BCUT2D eigenvalue weighted by Gasteiger charge is -2.14. The fourth-order valence-corrected chi connectivity index (χ4v) is 2.51. The minimum atomic E-state index is -0.873. The Labute approximate surface area is 116 Å². The average molecular weight is 272 g/mol. The predicted molar refractivity (Wildman–Crippen MR) is 75.8 cm³/mol. The maximum atomic E-state index is 10.8. The van der Waals surface area contributed by atoms with Crippen LogP contribution in [0.3, 0.4) is 0 Å². The molecule has 2 N–H and O–H groups in total.